The predicted molar refractivity (Wildman–Crippen MR) is 213 cm³/mol. The van der Waals surface area contributed by atoms with E-state index in [0.717, 1.165) is 48.7 Å². The van der Waals surface area contributed by atoms with Gasteiger partial charge in [0.25, 0.3) is 5.91 Å². The van der Waals surface area contributed by atoms with Crippen LogP contribution in [0.4, 0.5) is 4.79 Å². The van der Waals surface area contributed by atoms with Crippen LogP contribution in [0, 0.1) is 5.92 Å². The first-order valence-electron chi connectivity index (χ1n) is 18.6. The molecule has 2 aliphatic heterocycles. The van der Waals surface area contributed by atoms with E-state index in [4.69, 9.17) is 14.2 Å². The number of hydrogen-bond acceptors (Lipinski definition) is 9. The van der Waals surface area contributed by atoms with E-state index in [1.54, 1.807) is 36.0 Å². The van der Waals surface area contributed by atoms with E-state index < -0.39 is 30.3 Å². The second-order valence-corrected chi connectivity index (χ2v) is 15.2. The molecule has 11 nitrogen and oxygen atoms in total. The van der Waals surface area contributed by atoms with Crippen molar-refractivity contribution >= 4 is 35.6 Å². The molecule has 0 aromatic heterocycles. The number of nitrogens with one attached hydrogen (secondary N) is 1. The Morgan fingerprint density at radius 2 is 1.51 bits per heavy atom. The Bertz CT molecular complexity index is 2210. The molecule has 0 saturated carbocycles. The minimum atomic E-state index is -1.00. The van der Waals surface area contributed by atoms with Gasteiger partial charge in [-0.15, -0.1) is 11.8 Å². The molecule has 7 rings (SSSR count). The number of carboxylic acids is 1. The summed E-state index contributed by atoms with van der Waals surface area (Å²) in [5.74, 6) is -1.29. The molecule has 2 fully saturated rings. The van der Waals surface area contributed by atoms with Gasteiger partial charge in [-0.25, -0.2) is 9.59 Å². The first kappa shape index (κ1) is 39.4. The van der Waals surface area contributed by atoms with Crippen molar-refractivity contribution in [3.63, 3.8) is 0 Å². The summed E-state index contributed by atoms with van der Waals surface area (Å²) in [6.45, 7) is 2.12. The molecule has 5 aromatic rings. The summed E-state index contributed by atoms with van der Waals surface area (Å²) >= 11 is 1.59. The number of nitrogens with zero attached hydrogens (tertiary/aromatic N) is 1. The number of likely N-dealkylation sites (tertiary alicyclic amines) is 1. The van der Waals surface area contributed by atoms with Crippen LogP contribution in [-0.2, 0) is 43.6 Å². The van der Waals surface area contributed by atoms with Crippen LogP contribution in [0.15, 0.2) is 132 Å². The average Bonchev–Trinajstić information content (AvgIpc) is 3.50. The summed E-state index contributed by atoms with van der Waals surface area (Å²) in [5.41, 5.74) is 6.09. The lowest BCUT2D eigenvalue weighted by Gasteiger charge is -2.41. The van der Waals surface area contributed by atoms with Crippen molar-refractivity contribution in [2.75, 3.05) is 5.75 Å². The molecule has 292 valence electrons. The van der Waals surface area contributed by atoms with E-state index in [2.05, 4.69) is 12.2 Å². The predicted octanol–water partition coefficient (Wildman–Crippen LogP) is 7.68. The van der Waals surface area contributed by atoms with E-state index in [-0.39, 0.29) is 55.8 Å². The highest BCUT2D eigenvalue weighted by Crippen LogP contribution is 2.43. The number of ether oxygens (including phenoxy) is 3. The smallest absolute Gasteiger partial charge is 0.408 e. The number of alkyl carbamates (subject to hydrolysis) is 1. The third-order valence-corrected chi connectivity index (χ3v) is 11.2. The molecule has 0 bridgehead atoms. The fraction of sp³-hybridized carbons (Fsp3) is 0.244. The maximum atomic E-state index is 13.3. The van der Waals surface area contributed by atoms with Crippen LogP contribution in [0.1, 0.15) is 63.9 Å². The highest BCUT2D eigenvalue weighted by molar-refractivity contribution is 7.99. The van der Waals surface area contributed by atoms with Crippen LogP contribution < -0.4 is 5.32 Å². The lowest BCUT2D eigenvalue weighted by Crippen LogP contribution is -2.41. The minimum absolute atomic E-state index is 0.0439. The van der Waals surface area contributed by atoms with E-state index in [1.807, 2.05) is 103 Å². The molecule has 5 unspecified atom stereocenters. The monoisotopic (exact) mass is 786 g/mol. The van der Waals surface area contributed by atoms with Gasteiger partial charge < -0.3 is 29.7 Å². The molecule has 57 heavy (non-hydrogen) atoms. The summed E-state index contributed by atoms with van der Waals surface area (Å²) in [5, 5.41) is 21.5. The molecular formula is C45H42N2O9S. The van der Waals surface area contributed by atoms with Crippen molar-refractivity contribution in [3.05, 3.63) is 161 Å². The number of thioether (sulfide) groups is 1. The van der Waals surface area contributed by atoms with Crippen molar-refractivity contribution in [1.82, 2.24) is 10.2 Å². The zero-order valence-electron chi connectivity index (χ0n) is 31.2. The number of carbonyl (C=O) groups is 4. The van der Waals surface area contributed by atoms with Crippen LogP contribution in [0.5, 0.6) is 0 Å². The normalized spacial score (nSPS) is 20.7. The van der Waals surface area contributed by atoms with E-state index in [9.17, 15) is 29.4 Å². The van der Waals surface area contributed by atoms with Crippen molar-refractivity contribution in [2.24, 2.45) is 5.92 Å². The maximum absolute atomic E-state index is 13.3. The van der Waals surface area contributed by atoms with Gasteiger partial charge in [-0.2, -0.15) is 0 Å². The lowest BCUT2D eigenvalue weighted by atomic mass is 9.91. The van der Waals surface area contributed by atoms with Gasteiger partial charge in [-0.05, 0) is 69.8 Å². The van der Waals surface area contributed by atoms with Crippen LogP contribution in [0.25, 0.3) is 11.1 Å². The summed E-state index contributed by atoms with van der Waals surface area (Å²) in [7, 11) is 0. The molecule has 5 aromatic carbocycles. The molecule has 3 amide bonds. The molecule has 0 radical (unpaired) electrons. The summed E-state index contributed by atoms with van der Waals surface area (Å²) in [6, 6.07) is 38.1. The Morgan fingerprint density at radius 3 is 2.23 bits per heavy atom. The summed E-state index contributed by atoms with van der Waals surface area (Å²) < 4.78 is 18.6. The molecule has 0 aliphatic carbocycles. The number of carbonyl (C=O) groups excluding carboxylic acids is 3. The standard InChI is InChI=1S/C45H42N2O9S/c1-28-39(27-57-37-19-17-33(18-20-37)43(51)52)55-44(56-41(28)32-15-13-29(25-48)14-16-32)36-12-6-11-35(22-36)34-10-5-9-31(21-34)24-47-40(49)23-38(42(47)50)46-45(53)54-26-30-7-3-2-4-8-30/h2-22,28,38-39,41,44,48H,23-27H2,1H3,(H,46,53)(H,51,52). The second-order valence-electron chi connectivity index (χ2n) is 14.1. The number of rotatable bonds is 13. The Kier molecular flexibility index (Phi) is 12.4. The zero-order valence-corrected chi connectivity index (χ0v) is 32.0. The van der Waals surface area contributed by atoms with Crippen LogP contribution in [0.3, 0.4) is 0 Å². The SMILES string of the molecule is CC1C(CSc2ccc(C(=O)O)cc2)OC(c2cccc(-c3cccc(CN4C(=O)CC(NC(=O)OCc5ccccc5)C4=O)c3)c2)OC1c1ccc(CO)cc1. The van der Waals surface area contributed by atoms with Crippen molar-refractivity contribution in [3.8, 4) is 11.1 Å². The molecule has 2 aliphatic rings. The van der Waals surface area contributed by atoms with Gasteiger partial charge in [0.2, 0.25) is 5.91 Å². The van der Waals surface area contributed by atoms with Crippen LogP contribution >= 0.6 is 11.8 Å². The van der Waals surface area contributed by atoms with Gasteiger partial charge in [0.15, 0.2) is 6.29 Å². The second kappa shape index (κ2) is 18.0. The molecule has 0 spiro atoms. The number of hydrogen-bond donors (Lipinski definition) is 3. The molecular weight excluding hydrogens is 745 g/mol. The minimum Gasteiger partial charge on any atom is -0.478 e. The number of aliphatic hydroxyl groups excluding tert-OH is 1. The van der Waals surface area contributed by atoms with Gasteiger partial charge in [0.05, 0.1) is 37.3 Å². The number of aromatic carboxylic acids is 1. The summed E-state index contributed by atoms with van der Waals surface area (Å²) in [4.78, 5) is 52.1. The zero-order chi connectivity index (χ0) is 39.9. The highest BCUT2D eigenvalue weighted by atomic mass is 32.2. The Hall–Kier alpha value is -5.79. The summed E-state index contributed by atoms with van der Waals surface area (Å²) in [6.07, 6.45) is -2.18. The van der Waals surface area contributed by atoms with Gasteiger partial charge in [-0.3, -0.25) is 14.5 Å². The number of amides is 3. The molecule has 5 atom stereocenters. The van der Waals surface area contributed by atoms with Crippen LogP contribution in [0.2, 0.25) is 0 Å². The van der Waals surface area contributed by atoms with Crippen molar-refractivity contribution in [1.29, 1.82) is 0 Å². The van der Waals surface area contributed by atoms with E-state index in [1.165, 1.54) is 0 Å². The maximum Gasteiger partial charge on any atom is 0.408 e. The molecule has 12 heteroatoms. The Labute approximate surface area is 334 Å². The van der Waals surface area contributed by atoms with Gasteiger partial charge >= 0.3 is 12.1 Å². The molecule has 3 N–H and O–H groups in total. The quantitative estimate of drug-likeness (QED) is 0.0801. The fourth-order valence-corrected chi connectivity index (χ4v) is 8.02. The number of benzene rings is 5. The van der Waals surface area contributed by atoms with E-state index in [0.29, 0.717) is 5.75 Å². The van der Waals surface area contributed by atoms with Gasteiger partial charge in [-0.1, -0.05) is 97.9 Å². The molecule has 2 heterocycles. The first-order valence-corrected chi connectivity index (χ1v) is 19.6. The average molecular weight is 787 g/mol. The Morgan fingerprint density at radius 1 is 0.807 bits per heavy atom. The number of imide groups is 1. The Balaban J connectivity index is 1.05. The third kappa shape index (κ3) is 9.61. The van der Waals surface area contributed by atoms with Crippen molar-refractivity contribution in [2.45, 2.75) is 62.5 Å². The van der Waals surface area contributed by atoms with Gasteiger partial charge in [0, 0.05) is 22.1 Å². The number of carboxylic acid groups (broad SMARTS) is 1. The third-order valence-electron chi connectivity index (χ3n) is 10.1. The molecule has 2 saturated heterocycles. The topological polar surface area (TPSA) is 152 Å². The largest absolute Gasteiger partial charge is 0.478 e. The fourth-order valence-electron chi connectivity index (χ4n) is 6.95. The van der Waals surface area contributed by atoms with E-state index >= 15 is 0 Å². The first-order chi connectivity index (χ1) is 27.6. The van der Waals surface area contributed by atoms with Crippen LogP contribution in [-0.4, -0.2) is 56.9 Å². The number of aliphatic hydroxyl groups is 1. The van der Waals surface area contributed by atoms with Crippen molar-refractivity contribution < 1.29 is 43.6 Å². The lowest BCUT2D eigenvalue weighted by molar-refractivity contribution is -0.268. The highest BCUT2D eigenvalue weighted by Gasteiger charge is 2.40. The van der Waals surface area contributed by atoms with Gasteiger partial charge in [0.1, 0.15) is 12.6 Å².